The van der Waals surface area contributed by atoms with Gasteiger partial charge in [0.25, 0.3) is 5.56 Å². The van der Waals surface area contributed by atoms with E-state index in [0.29, 0.717) is 5.92 Å². The van der Waals surface area contributed by atoms with Crippen LogP contribution in [0.4, 0.5) is 0 Å². The monoisotopic (exact) mass is 387 g/mol. The van der Waals surface area contributed by atoms with Crippen LogP contribution < -0.4 is 10.9 Å². The summed E-state index contributed by atoms with van der Waals surface area (Å²) in [7, 11) is 0. The van der Waals surface area contributed by atoms with E-state index in [1.54, 1.807) is 22.7 Å². The molecule has 0 saturated carbocycles. The van der Waals surface area contributed by atoms with E-state index in [-0.39, 0.29) is 24.1 Å². The van der Waals surface area contributed by atoms with Gasteiger partial charge in [-0.1, -0.05) is 13.0 Å². The lowest BCUT2D eigenvalue weighted by molar-refractivity contribution is -0.122. The summed E-state index contributed by atoms with van der Waals surface area (Å²) >= 11 is 3.24. The van der Waals surface area contributed by atoms with Crippen LogP contribution in [0.25, 0.3) is 10.2 Å². The third-order valence-corrected chi connectivity index (χ3v) is 7.16. The average Bonchev–Trinajstić information content (AvgIpc) is 3.24. The number of aromatic nitrogens is 2. The van der Waals surface area contributed by atoms with E-state index in [0.717, 1.165) is 39.9 Å². The first-order valence-electron chi connectivity index (χ1n) is 8.85. The Morgan fingerprint density at radius 2 is 2.35 bits per heavy atom. The highest BCUT2D eigenvalue weighted by atomic mass is 32.1. The molecule has 0 aliphatic heterocycles. The molecule has 0 fully saturated rings. The van der Waals surface area contributed by atoms with Gasteiger partial charge in [0, 0.05) is 9.75 Å². The predicted molar refractivity (Wildman–Crippen MR) is 106 cm³/mol. The minimum absolute atomic E-state index is 0.00148. The molecule has 26 heavy (non-hydrogen) atoms. The highest BCUT2D eigenvalue weighted by Gasteiger charge is 2.23. The normalized spacial score (nSPS) is 17.8. The van der Waals surface area contributed by atoms with Gasteiger partial charge >= 0.3 is 0 Å². The van der Waals surface area contributed by atoms with Crippen molar-refractivity contribution in [3.8, 4) is 0 Å². The third kappa shape index (κ3) is 3.21. The lowest BCUT2D eigenvalue weighted by Crippen LogP contribution is -2.33. The number of carbonyl (C=O) groups is 1. The van der Waals surface area contributed by atoms with Crippen molar-refractivity contribution in [3.63, 3.8) is 0 Å². The van der Waals surface area contributed by atoms with Gasteiger partial charge in [-0.15, -0.1) is 22.7 Å². The van der Waals surface area contributed by atoms with Crippen molar-refractivity contribution in [1.82, 2.24) is 14.9 Å². The molecule has 1 aliphatic rings. The topological polar surface area (TPSA) is 64.0 Å². The van der Waals surface area contributed by atoms with Gasteiger partial charge in [-0.25, -0.2) is 4.98 Å². The standard InChI is InChI=1S/C19H21N3O2S2/c1-11-5-6-13-15(8-11)26-18-17(13)19(24)22(10-20-18)9-16(23)21-12(2)14-4-3-7-25-14/h3-4,7,10-12H,5-6,8-9H2,1-2H3,(H,21,23)/t11-,12+/m1/s1. The number of nitrogens with one attached hydrogen (secondary N) is 1. The van der Waals surface area contributed by atoms with Crippen LogP contribution in [0.3, 0.4) is 0 Å². The van der Waals surface area contributed by atoms with Gasteiger partial charge in [-0.3, -0.25) is 14.2 Å². The molecule has 0 radical (unpaired) electrons. The summed E-state index contributed by atoms with van der Waals surface area (Å²) in [6.45, 7) is 4.20. The van der Waals surface area contributed by atoms with E-state index in [1.807, 2.05) is 24.4 Å². The van der Waals surface area contributed by atoms with Gasteiger partial charge in [-0.2, -0.15) is 0 Å². The molecular formula is C19H21N3O2S2. The molecule has 0 aromatic carbocycles. The van der Waals surface area contributed by atoms with E-state index in [9.17, 15) is 9.59 Å². The van der Waals surface area contributed by atoms with Gasteiger partial charge in [0.15, 0.2) is 0 Å². The molecule has 7 heteroatoms. The summed E-state index contributed by atoms with van der Waals surface area (Å²) in [5.74, 6) is 0.481. The Morgan fingerprint density at radius 1 is 1.50 bits per heavy atom. The highest BCUT2D eigenvalue weighted by molar-refractivity contribution is 7.18. The van der Waals surface area contributed by atoms with Crippen molar-refractivity contribution >= 4 is 38.8 Å². The van der Waals surface area contributed by atoms with Gasteiger partial charge in [0.1, 0.15) is 11.4 Å². The van der Waals surface area contributed by atoms with Gasteiger partial charge in [0.2, 0.25) is 5.91 Å². The largest absolute Gasteiger partial charge is 0.347 e. The second-order valence-corrected chi connectivity index (χ2v) is 9.08. The number of amides is 1. The van der Waals surface area contributed by atoms with E-state index in [1.165, 1.54) is 15.8 Å². The molecule has 1 aliphatic carbocycles. The molecule has 136 valence electrons. The summed E-state index contributed by atoms with van der Waals surface area (Å²) in [6.07, 6.45) is 4.56. The summed E-state index contributed by atoms with van der Waals surface area (Å²) in [5, 5.41) is 5.66. The second kappa shape index (κ2) is 6.96. The van der Waals surface area contributed by atoms with Crippen molar-refractivity contribution in [2.45, 2.75) is 45.7 Å². The zero-order valence-corrected chi connectivity index (χ0v) is 16.5. The Balaban J connectivity index is 1.58. The summed E-state index contributed by atoms with van der Waals surface area (Å²) in [4.78, 5) is 33.0. The van der Waals surface area contributed by atoms with Crippen molar-refractivity contribution in [2.75, 3.05) is 0 Å². The molecule has 1 N–H and O–H groups in total. The lowest BCUT2D eigenvalue weighted by Gasteiger charge is -2.17. The molecule has 4 rings (SSSR count). The first kappa shape index (κ1) is 17.4. The maximum atomic E-state index is 12.9. The van der Waals surface area contributed by atoms with Crippen LogP contribution in [0.15, 0.2) is 28.6 Å². The van der Waals surface area contributed by atoms with Crippen LogP contribution in [0.1, 0.15) is 41.6 Å². The number of thiophene rings is 2. The number of nitrogens with zero attached hydrogens (tertiary/aromatic N) is 2. The van der Waals surface area contributed by atoms with Crippen LogP contribution in [-0.2, 0) is 24.2 Å². The molecule has 5 nitrogen and oxygen atoms in total. The van der Waals surface area contributed by atoms with Crippen molar-refractivity contribution in [3.05, 3.63) is 49.5 Å². The van der Waals surface area contributed by atoms with Crippen molar-refractivity contribution in [2.24, 2.45) is 5.92 Å². The lowest BCUT2D eigenvalue weighted by atomic mass is 9.89. The fourth-order valence-corrected chi connectivity index (χ4v) is 5.60. The van der Waals surface area contributed by atoms with E-state index < -0.39 is 0 Å². The Hall–Kier alpha value is -1.99. The number of carbonyl (C=O) groups excluding carboxylic acids is 1. The van der Waals surface area contributed by atoms with E-state index >= 15 is 0 Å². The molecule has 0 spiro atoms. The SMILES string of the molecule is C[C@@H]1CCc2c(sc3ncn(CC(=O)N[C@@H](C)c4cccs4)c(=O)c23)C1. The Labute approximate surface area is 159 Å². The highest BCUT2D eigenvalue weighted by Crippen LogP contribution is 2.35. The average molecular weight is 388 g/mol. The van der Waals surface area contributed by atoms with E-state index in [4.69, 9.17) is 0 Å². The summed E-state index contributed by atoms with van der Waals surface area (Å²) in [6, 6.07) is 3.89. The quantitative estimate of drug-likeness (QED) is 0.745. The number of hydrogen-bond acceptors (Lipinski definition) is 5. The van der Waals surface area contributed by atoms with Crippen LogP contribution in [0.2, 0.25) is 0 Å². The third-order valence-electron chi connectivity index (χ3n) is 4.94. The first-order chi connectivity index (χ1) is 12.5. The van der Waals surface area contributed by atoms with Crippen molar-refractivity contribution in [1.29, 1.82) is 0 Å². The van der Waals surface area contributed by atoms with E-state index in [2.05, 4.69) is 17.2 Å². The zero-order chi connectivity index (χ0) is 18.3. The zero-order valence-electron chi connectivity index (χ0n) is 14.8. The first-order valence-corrected chi connectivity index (χ1v) is 10.5. The van der Waals surface area contributed by atoms with Crippen LogP contribution in [0, 0.1) is 5.92 Å². The Morgan fingerprint density at radius 3 is 3.12 bits per heavy atom. The smallest absolute Gasteiger partial charge is 0.262 e. The summed E-state index contributed by atoms with van der Waals surface area (Å²) < 4.78 is 1.43. The fourth-order valence-electron chi connectivity index (χ4n) is 3.53. The Kier molecular flexibility index (Phi) is 4.67. The number of fused-ring (bicyclic) bond motifs is 3. The van der Waals surface area contributed by atoms with Gasteiger partial charge < -0.3 is 5.32 Å². The summed E-state index contributed by atoms with van der Waals surface area (Å²) in [5.41, 5.74) is 1.06. The predicted octanol–water partition coefficient (Wildman–Crippen LogP) is 3.52. The van der Waals surface area contributed by atoms with Crippen molar-refractivity contribution < 1.29 is 4.79 Å². The van der Waals surface area contributed by atoms with Crippen LogP contribution in [0.5, 0.6) is 0 Å². The second-order valence-electron chi connectivity index (χ2n) is 7.01. The van der Waals surface area contributed by atoms with Crippen LogP contribution in [-0.4, -0.2) is 15.5 Å². The maximum Gasteiger partial charge on any atom is 0.262 e. The minimum Gasteiger partial charge on any atom is -0.347 e. The molecule has 3 aromatic heterocycles. The van der Waals surface area contributed by atoms with Crippen LogP contribution >= 0.6 is 22.7 Å². The molecule has 3 aromatic rings. The number of aryl methyl sites for hydroxylation is 1. The number of hydrogen-bond donors (Lipinski definition) is 1. The molecule has 0 bridgehead atoms. The maximum absolute atomic E-state index is 12.9. The minimum atomic E-state index is -0.174. The molecule has 0 saturated heterocycles. The molecule has 0 unspecified atom stereocenters. The fraction of sp³-hybridized carbons (Fsp3) is 0.421. The Bertz CT molecular complexity index is 1000. The molecule has 1 amide bonds. The molecule has 3 heterocycles. The molecular weight excluding hydrogens is 366 g/mol. The van der Waals surface area contributed by atoms with Gasteiger partial charge in [0.05, 0.1) is 17.8 Å². The van der Waals surface area contributed by atoms with Gasteiger partial charge in [-0.05, 0) is 49.1 Å². The molecule has 2 atom stereocenters. The number of rotatable bonds is 4.